The van der Waals surface area contributed by atoms with Gasteiger partial charge in [-0.15, -0.1) is 23.3 Å². The van der Waals surface area contributed by atoms with Gasteiger partial charge < -0.3 is 53.2 Å². The third-order valence-corrected chi connectivity index (χ3v) is 5.23. The van der Waals surface area contributed by atoms with Crippen molar-refractivity contribution in [2.24, 2.45) is 11.5 Å². The second kappa shape index (κ2) is 32.0. The maximum atomic E-state index is 11.5. The van der Waals surface area contributed by atoms with E-state index in [1.807, 2.05) is 0 Å². The average molecular weight is 729 g/mol. The molecule has 0 aliphatic carbocycles. The molecule has 18 nitrogen and oxygen atoms in total. The van der Waals surface area contributed by atoms with Crippen molar-refractivity contribution in [3.05, 3.63) is 0 Å². The van der Waals surface area contributed by atoms with E-state index in [-0.39, 0.29) is 96.3 Å². The molecule has 0 radical (unpaired) electrons. The van der Waals surface area contributed by atoms with Crippen LogP contribution >= 0.6 is 48.6 Å². The second-order valence-electron chi connectivity index (χ2n) is 7.80. The zero-order valence-corrected chi connectivity index (χ0v) is 25.5. The van der Waals surface area contributed by atoms with Gasteiger partial charge in [0.2, 0.25) is 23.6 Å². The fraction of sp³-hybridized carbons (Fsp3) is 0.600. The van der Waals surface area contributed by atoms with Crippen molar-refractivity contribution < 1.29 is 58.8 Å². The number of aliphatic carboxylic acids is 4. The molecule has 4 amide bonds. The topological polar surface area (TPSA) is 318 Å². The molecule has 0 fully saturated rings. The third kappa shape index (κ3) is 29.8. The van der Waals surface area contributed by atoms with Gasteiger partial charge in [0, 0.05) is 24.3 Å². The van der Waals surface area contributed by atoms with Gasteiger partial charge in [0.1, 0.15) is 37.3 Å². The molecule has 0 heterocycles. The number of carboxylic acid groups (broad SMARTS) is 4. The summed E-state index contributed by atoms with van der Waals surface area (Å²) in [6.07, 6.45) is -0.470. The van der Waals surface area contributed by atoms with Crippen LogP contribution < -0.4 is 32.7 Å². The molecular weight excluding hydrogens is 690 g/mol. The first-order chi connectivity index (χ1) is 19.5. The molecule has 44 heavy (non-hydrogen) atoms. The van der Waals surface area contributed by atoms with Crippen molar-refractivity contribution in [3.8, 4) is 0 Å². The first kappa shape index (κ1) is 52.6. The van der Waals surface area contributed by atoms with Gasteiger partial charge in [-0.3, -0.25) is 38.4 Å². The summed E-state index contributed by atoms with van der Waals surface area (Å²) < 4.78 is 0. The van der Waals surface area contributed by atoms with Crippen LogP contribution in [0.5, 0.6) is 0 Å². The van der Waals surface area contributed by atoms with E-state index in [9.17, 15) is 38.4 Å². The van der Waals surface area contributed by atoms with Crippen molar-refractivity contribution in [1.29, 1.82) is 0 Å². The Morgan fingerprint density at radius 2 is 0.864 bits per heavy atom. The molecule has 0 aromatic heterocycles. The van der Waals surface area contributed by atoms with Gasteiger partial charge >= 0.3 is 83.0 Å². The summed E-state index contributed by atoms with van der Waals surface area (Å²) in [5, 5.41) is 42.7. The van der Waals surface area contributed by atoms with Gasteiger partial charge in [0.05, 0.1) is 0 Å². The minimum absolute atomic E-state index is 0. The van der Waals surface area contributed by atoms with Crippen LogP contribution in [0.25, 0.3) is 0 Å². The summed E-state index contributed by atoms with van der Waals surface area (Å²) in [7, 11) is 0. The molecule has 0 aliphatic heterocycles. The molecule has 0 bridgehead atoms. The van der Waals surface area contributed by atoms with E-state index in [0.717, 1.165) is 0 Å². The number of carboxylic acids is 4. The fourth-order valence-corrected chi connectivity index (χ4v) is 2.83. The summed E-state index contributed by atoms with van der Waals surface area (Å²) in [5.74, 6) is -7.41. The van der Waals surface area contributed by atoms with Gasteiger partial charge in [0.25, 0.3) is 0 Å². The summed E-state index contributed by atoms with van der Waals surface area (Å²) in [6.45, 7) is -1.13. The molecule has 0 aromatic rings. The Bertz CT molecular complexity index is 870. The number of hydrogen-bond acceptors (Lipinski definition) is 14. The minimum atomic E-state index is -1.22. The average Bonchev–Trinajstić information content (AvgIpc) is 2.94. The third-order valence-electron chi connectivity index (χ3n) is 4.50. The molecule has 0 saturated carbocycles. The van der Waals surface area contributed by atoms with Crippen LogP contribution in [0.15, 0.2) is 0 Å². The summed E-state index contributed by atoms with van der Waals surface area (Å²) in [6, 6.07) is -4.30. The number of carbonyl (C=O) groups is 8. The Balaban J connectivity index is -0.000000209. The molecule has 246 valence electrons. The van der Waals surface area contributed by atoms with Gasteiger partial charge in [0.15, 0.2) is 0 Å². The van der Waals surface area contributed by atoms with E-state index in [1.54, 1.807) is 0 Å². The van der Waals surface area contributed by atoms with E-state index in [2.05, 4.69) is 69.8 Å². The van der Waals surface area contributed by atoms with Crippen LogP contribution in [0.1, 0.15) is 25.7 Å². The number of rotatable bonds is 18. The molecular formula is C20H38N6Na2O12S4. The Morgan fingerprint density at radius 1 is 0.591 bits per heavy atom. The number of carbonyl (C=O) groups excluding carboxylic acids is 4. The predicted octanol–water partition coefficient (Wildman–Crippen LogP) is -4.95. The Hall–Kier alpha value is -0.920. The second-order valence-corrected chi connectivity index (χ2v) is 8.53. The standard InChI is InChI=1S/2C10H17N3O6S.2Na.H2S2.2H/c2*11-5(10(18)19)1-2-7(14)13-6(4-20)9(17)12-3-8(15)16;;;1-2;;/h2*5-6,20H,1-4,11H2,(H,12,17)(H,13,14)(H,15,16)(H,18,19);;;1-2H;;/t2*5-,6-;;;;;/m00...../s1. The molecule has 4 atom stereocenters. The number of nitrogens with two attached hydrogens (primary N) is 2. The zero-order valence-electron chi connectivity index (χ0n) is 22.0. The molecule has 0 unspecified atom stereocenters. The quantitative estimate of drug-likeness (QED) is 0.0357. The molecule has 0 aliphatic rings. The molecule has 0 saturated heterocycles. The number of amides is 4. The molecule has 0 rings (SSSR count). The summed E-state index contributed by atoms with van der Waals surface area (Å²) in [4.78, 5) is 87.5. The molecule has 12 N–H and O–H groups in total. The van der Waals surface area contributed by atoms with Crippen LogP contribution in [-0.2, 0) is 38.4 Å². The summed E-state index contributed by atoms with van der Waals surface area (Å²) in [5.41, 5.74) is 10.5. The Morgan fingerprint density at radius 3 is 1.07 bits per heavy atom. The van der Waals surface area contributed by atoms with Crippen LogP contribution in [0, 0.1) is 0 Å². The van der Waals surface area contributed by atoms with Gasteiger partial charge in [-0.2, -0.15) is 25.3 Å². The fourth-order valence-electron chi connectivity index (χ4n) is 2.31. The van der Waals surface area contributed by atoms with Gasteiger partial charge in [-0.1, -0.05) is 0 Å². The maximum absolute atomic E-state index is 11.5. The van der Waals surface area contributed by atoms with E-state index in [0.29, 0.717) is 0 Å². The van der Waals surface area contributed by atoms with Crippen molar-refractivity contribution in [1.82, 2.24) is 21.3 Å². The van der Waals surface area contributed by atoms with E-state index in [1.165, 1.54) is 0 Å². The number of thiol groups is 4. The molecule has 0 spiro atoms. The van der Waals surface area contributed by atoms with E-state index >= 15 is 0 Å². The summed E-state index contributed by atoms with van der Waals surface area (Å²) >= 11 is 14.2. The van der Waals surface area contributed by atoms with E-state index in [4.69, 9.17) is 31.9 Å². The van der Waals surface area contributed by atoms with Gasteiger partial charge in [-0.05, 0) is 12.8 Å². The molecule has 0 aromatic carbocycles. The van der Waals surface area contributed by atoms with Gasteiger partial charge in [-0.25, -0.2) is 0 Å². The first-order valence-corrected chi connectivity index (χ1v) is 14.4. The normalized spacial score (nSPS) is 12.0. The predicted molar refractivity (Wildman–Crippen MR) is 175 cm³/mol. The number of hydrogen-bond donors (Lipinski definition) is 14. The van der Waals surface area contributed by atoms with Crippen molar-refractivity contribution in [2.45, 2.75) is 49.9 Å². The van der Waals surface area contributed by atoms with E-state index < -0.39 is 84.8 Å². The Kier molecular flexibility index (Phi) is 38.3. The first-order valence-electron chi connectivity index (χ1n) is 11.5. The SMILES string of the molecule is N[C@@H](CCC(=O)N[C@@H](CS)C(=O)NCC(=O)O)C(=O)O.N[C@@H](CCC(=O)N[C@@H](CS)C(=O)NCC(=O)O)C(=O)O.SS.[NaH].[NaH]. The monoisotopic (exact) mass is 728 g/mol. The molecule has 24 heteroatoms. The van der Waals surface area contributed by atoms with Crippen LogP contribution in [0.4, 0.5) is 0 Å². The van der Waals surface area contributed by atoms with Crippen molar-refractivity contribution in [2.75, 3.05) is 24.6 Å². The Labute approximate surface area is 318 Å². The van der Waals surface area contributed by atoms with Crippen LogP contribution in [0.3, 0.4) is 0 Å². The number of nitrogens with one attached hydrogen (secondary N) is 4. The van der Waals surface area contributed by atoms with Crippen molar-refractivity contribution in [3.63, 3.8) is 0 Å². The zero-order chi connectivity index (χ0) is 33.4. The van der Waals surface area contributed by atoms with Crippen molar-refractivity contribution >= 4 is 155 Å². The van der Waals surface area contributed by atoms with Crippen LogP contribution in [-0.4, -0.2) is 176 Å². The van der Waals surface area contributed by atoms with Crippen LogP contribution in [0.2, 0.25) is 0 Å².